The van der Waals surface area contributed by atoms with Crippen LogP contribution in [0.1, 0.15) is 36.5 Å². The highest BCUT2D eigenvalue weighted by atomic mass is 32.2. The molecule has 0 fully saturated rings. The first kappa shape index (κ1) is 22.6. The molecule has 0 spiro atoms. The van der Waals surface area contributed by atoms with Crippen molar-refractivity contribution in [3.63, 3.8) is 0 Å². The Morgan fingerprint density at radius 1 is 0.667 bits per heavy atom. The van der Waals surface area contributed by atoms with E-state index in [1.165, 1.54) is 43.2 Å². The molecule has 36 heavy (non-hydrogen) atoms. The molecule has 6 rings (SSSR count). The van der Waals surface area contributed by atoms with Crippen LogP contribution in [0.4, 0.5) is 17.1 Å². The van der Waals surface area contributed by atoms with Gasteiger partial charge in [-0.25, -0.2) is 0 Å². The molecule has 176 valence electrons. The summed E-state index contributed by atoms with van der Waals surface area (Å²) < 4.78 is 0. The predicted molar refractivity (Wildman–Crippen MR) is 152 cm³/mol. The summed E-state index contributed by atoms with van der Waals surface area (Å²) in [5, 5.41) is 2.41. The Bertz CT molecular complexity index is 1530. The lowest BCUT2D eigenvalue weighted by molar-refractivity contribution is 0.0980. The predicted octanol–water partition coefficient (Wildman–Crippen LogP) is 9.81. The number of ketones is 1. The number of hydrogen-bond donors (Lipinski definition) is 0. The van der Waals surface area contributed by atoms with Crippen LogP contribution in [0.2, 0.25) is 0 Å². The fraction of sp³-hybridized carbons (Fsp3) is 0.121. The zero-order valence-corrected chi connectivity index (χ0v) is 21.1. The van der Waals surface area contributed by atoms with E-state index in [-0.39, 0.29) is 5.78 Å². The lowest BCUT2D eigenvalue weighted by atomic mass is 9.95. The Balaban J connectivity index is 1.47. The van der Waals surface area contributed by atoms with E-state index < -0.39 is 0 Å². The summed E-state index contributed by atoms with van der Waals surface area (Å²) >= 11 is 1.83. The van der Waals surface area contributed by atoms with E-state index in [9.17, 15) is 4.79 Å². The summed E-state index contributed by atoms with van der Waals surface area (Å²) in [7, 11) is 0. The molecule has 1 aliphatic rings. The van der Waals surface area contributed by atoms with E-state index in [0.29, 0.717) is 6.42 Å². The van der Waals surface area contributed by atoms with Crippen LogP contribution in [0.5, 0.6) is 0 Å². The maximum absolute atomic E-state index is 12.5. The van der Waals surface area contributed by atoms with Crippen LogP contribution in [0.3, 0.4) is 0 Å². The SMILES string of the molecule is CCCCC(=O)c1ccc(-c2ccc(N3c4ccccc4Sc4ccccc43)c3ccccc23)cc1. The van der Waals surface area contributed by atoms with Crippen LogP contribution in [-0.4, -0.2) is 5.78 Å². The van der Waals surface area contributed by atoms with Crippen molar-refractivity contribution in [2.24, 2.45) is 0 Å². The highest BCUT2D eigenvalue weighted by Crippen LogP contribution is 2.52. The molecule has 0 saturated heterocycles. The molecule has 1 heterocycles. The number of rotatable bonds is 6. The Morgan fingerprint density at radius 3 is 1.94 bits per heavy atom. The number of hydrogen-bond acceptors (Lipinski definition) is 3. The van der Waals surface area contributed by atoms with Gasteiger partial charge < -0.3 is 4.90 Å². The van der Waals surface area contributed by atoms with Crippen LogP contribution in [0.25, 0.3) is 21.9 Å². The number of para-hydroxylation sites is 2. The number of benzene rings is 5. The van der Waals surface area contributed by atoms with Gasteiger partial charge >= 0.3 is 0 Å². The van der Waals surface area contributed by atoms with Crippen molar-refractivity contribution in [1.82, 2.24) is 0 Å². The van der Waals surface area contributed by atoms with Crippen LogP contribution >= 0.6 is 11.8 Å². The number of anilines is 3. The van der Waals surface area contributed by atoms with Crippen LogP contribution in [0.15, 0.2) is 119 Å². The number of unbranched alkanes of at least 4 members (excludes halogenated alkanes) is 1. The quantitative estimate of drug-likeness (QED) is 0.219. The average Bonchev–Trinajstić information content (AvgIpc) is 2.94. The number of nitrogens with zero attached hydrogens (tertiary/aromatic N) is 1. The maximum atomic E-state index is 12.5. The lowest BCUT2D eigenvalue weighted by Crippen LogP contribution is -2.15. The first-order valence-corrected chi connectivity index (χ1v) is 13.4. The smallest absolute Gasteiger partial charge is 0.162 e. The highest BCUT2D eigenvalue weighted by Gasteiger charge is 2.25. The van der Waals surface area contributed by atoms with Gasteiger partial charge in [-0.1, -0.05) is 104 Å². The van der Waals surface area contributed by atoms with Gasteiger partial charge in [0.2, 0.25) is 0 Å². The molecule has 0 bridgehead atoms. The van der Waals surface area contributed by atoms with Gasteiger partial charge in [0.1, 0.15) is 0 Å². The second-order valence-electron chi connectivity index (χ2n) is 9.15. The van der Waals surface area contributed by atoms with Crippen molar-refractivity contribution in [1.29, 1.82) is 0 Å². The molecule has 0 unspecified atom stereocenters. The molecule has 0 aliphatic carbocycles. The zero-order valence-electron chi connectivity index (χ0n) is 20.3. The summed E-state index contributed by atoms with van der Waals surface area (Å²) in [5.41, 5.74) is 6.67. The number of fused-ring (bicyclic) bond motifs is 3. The molecule has 0 radical (unpaired) electrons. The molecule has 3 heteroatoms. The van der Waals surface area contributed by atoms with Crippen molar-refractivity contribution in [2.75, 3.05) is 4.90 Å². The minimum Gasteiger partial charge on any atom is -0.308 e. The third kappa shape index (κ3) is 4.00. The Morgan fingerprint density at radius 2 is 1.28 bits per heavy atom. The van der Waals surface area contributed by atoms with Crippen molar-refractivity contribution >= 4 is 45.4 Å². The van der Waals surface area contributed by atoms with Crippen molar-refractivity contribution < 1.29 is 4.79 Å². The molecule has 5 aromatic rings. The van der Waals surface area contributed by atoms with Gasteiger partial charge in [-0.15, -0.1) is 0 Å². The third-order valence-corrected chi connectivity index (χ3v) is 7.98. The fourth-order valence-electron chi connectivity index (χ4n) is 5.01. The Kier molecular flexibility index (Phi) is 6.08. The summed E-state index contributed by atoms with van der Waals surface area (Å²) in [5.74, 6) is 0.226. The Labute approximate surface area is 216 Å². The molecule has 5 aromatic carbocycles. The van der Waals surface area contributed by atoms with Crippen molar-refractivity contribution in [3.05, 3.63) is 115 Å². The first-order valence-electron chi connectivity index (χ1n) is 12.6. The van der Waals surface area contributed by atoms with E-state index in [2.05, 4.69) is 109 Å². The number of Topliss-reactive ketones (excluding diaryl/α,β-unsaturated/α-hetero) is 1. The summed E-state index contributed by atoms with van der Waals surface area (Å²) in [6.07, 6.45) is 2.59. The van der Waals surface area contributed by atoms with Gasteiger partial charge in [0.25, 0.3) is 0 Å². The third-order valence-electron chi connectivity index (χ3n) is 6.85. The fourth-order valence-corrected chi connectivity index (χ4v) is 6.07. The summed E-state index contributed by atoms with van der Waals surface area (Å²) in [4.78, 5) is 17.4. The van der Waals surface area contributed by atoms with Crippen LogP contribution in [-0.2, 0) is 0 Å². The number of carbonyl (C=O) groups excluding carboxylic acids is 1. The maximum Gasteiger partial charge on any atom is 0.162 e. The second kappa shape index (κ2) is 9.67. The van der Waals surface area contributed by atoms with E-state index in [4.69, 9.17) is 0 Å². The van der Waals surface area contributed by atoms with Gasteiger partial charge in [0, 0.05) is 27.2 Å². The standard InChI is InChI=1S/C33H27NOS/c1-2-3-14-31(35)24-19-17-23(18-20-24)25-21-22-28(27-11-5-4-10-26(25)27)34-29-12-6-8-15-32(29)36-33-16-9-7-13-30(33)34/h4-13,15-22H,2-3,14H2,1H3. The van der Waals surface area contributed by atoms with Crippen LogP contribution in [0, 0.1) is 0 Å². The largest absolute Gasteiger partial charge is 0.308 e. The normalized spacial score (nSPS) is 12.3. The van der Waals surface area contributed by atoms with Gasteiger partial charge in [-0.3, -0.25) is 4.79 Å². The van der Waals surface area contributed by atoms with Gasteiger partial charge in [0.05, 0.1) is 17.1 Å². The molecular formula is C33H27NOS. The van der Waals surface area contributed by atoms with E-state index in [1.807, 2.05) is 23.9 Å². The van der Waals surface area contributed by atoms with Gasteiger partial charge in [-0.05, 0) is 53.3 Å². The zero-order chi connectivity index (χ0) is 24.5. The lowest BCUT2D eigenvalue weighted by Gasteiger charge is -2.33. The van der Waals surface area contributed by atoms with Crippen LogP contribution < -0.4 is 4.90 Å². The number of carbonyl (C=O) groups is 1. The van der Waals surface area contributed by atoms with Gasteiger partial charge in [-0.2, -0.15) is 0 Å². The van der Waals surface area contributed by atoms with Crippen molar-refractivity contribution in [3.8, 4) is 11.1 Å². The molecule has 0 N–H and O–H groups in total. The second-order valence-corrected chi connectivity index (χ2v) is 10.2. The monoisotopic (exact) mass is 485 g/mol. The van der Waals surface area contributed by atoms with Gasteiger partial charge in [0.15, 0.2) is 5.78 Å². The molecule has 0 saturated carbocycles. The minimum atomic E-state index is 0.226. The Hall–Kier alpha value is -3.82. The molecule has 1 aliphatic heterocycles. The van der Waals surface area contributed by atoms with E-state index >= 15 is 0 Å². The molecule has 0 amide bonds. The molecule has 0 atom stereocenters. The molecule has 2 nitrogen and oxygen atoms in total. The highest BCUT2D eigenvalue weighted by molar-refractivity contribution is 7.99. The topological polar surface area (TPSA) is 20.3 Å². The molecule has 0 aromatic heterocycles. The minimum absolute atomic E-state index is 0.226. The van der Waals surface area contributed by atoms with E-state index in [0.717, 1.165) is 24.0 Å². The van der Waals surface area contributed by atoms with Crippen molar-refractivity contribution in [2.45, 2.75) is 36.0 Å². The van der Waals surface area contributed by atoms with E-state index in [1.54, 1.807) is 0 Å². The summed E-state index contributed by atoms with van der Waals surface area (Å²) in [6, 6.07) is 38.4. The first-order chi connectivity index (χ1) is 17.7. The average molecular weight is 486 g/mol. The molecular weight excluding hydrogens is 458 g/mol. The summed E-state index contributed by atoms with van der Waals surface area (Å²) in [6.45, 7) is 2.12.